The van der Waals surface area contributed by atoms with Gasteiger partial charge in [-0.05, 0) is 26.2 Å². The number of hydrogen-bond donors (Lipinski definition) is 1. The Morgan fingerprint density at radius 1 is 1.67 bits per heavy atom. The third-order valence-electron chi connectivity index (χ3n) is 2.92. The lowest BCUT2D eigenvalue weighted by atomic mass is 10.0. The summed E-state index contributed by atoms with van der Waals surface area (Å²) in [5.74, 6) is -0.195. The van der Waals surface area contributed by atoms with Crippen molar-refractivity contribution in [3.8, 4) is 0 Å². The van der Waals surface area contributed by atoms with Gasteiger partial charge >= 0.3 is 5.97 Å². The van der Waals surface area contributed by atoms with E-state index in [0.29, 0.717) is 6.54 Å². The van der Waals surface area contributed by atoms with E-state index >= 15 is 0 Å². The Hall–Kier alpha value is -0.610. The molecular weight excluding hydrogens is 194 g/mol. The van der Waals surface area contributed by atoms with E-state index in [1.807, 2.05) is 6.92 Å². The van der Waals surface area contributed by atoms with E-state index in [9.17, 15) is 4.79 Å². The van der Waals surface area contributed by atoms with Gasteiger partial charge in [-0.1, -0.05) is 6.92 Å². The summed E-state index contributed by atoms with van der Waals surface area (Å²) in [5, 5.41) is 3.20. The third kappa shape index (κ3) is 3.47. The average molecular weight is 215 g/mol. The molecule has 2 atom stereocenters. The molecule has 0 unspecified atom stereocenters. The number of rotatable bonds is 5. The average Bonchev–Trinajstić information content (AvgIpc) is 2.66. The lowest BCUT2D eigenvalue weighted by Gasteiger charge is -2.26. The molecule has 4 heteroatoms. The first-order chi connectivity index (χ1) is 7.11. The highest BCUT2D eigenvalue weighted by Crippen LogP contribution is 2.24. The number of methoxy groups -OCH3 is 1. The Kier molecular flexibility index (Phi) is 4.54. The second-order valence-corrected chi connectivity index (χ2v) is 4.27. The minimum Gasteiger partial charge on any atom is -0.468 e. The Balaban J connectivity index is 2.36. The van der Waals surface area contributed by atoms with E-state index in [4.69, 9.17) is 9.47 Å². The number of esters is 1. The van der Waals surface area contributed by atoms with Crippen LogP contribution in [0.4, 0.5) is 0 Å². The maximum Gasteiger partial charge on any atom is 0.322 e. The van der Waals surface area contributed by atoms with Gasteiger partial charge in [-0.15, -0.1) is 0 Å². The Morgan fingerprint density at radius 2 is 2.40 bits per heavy atom. The molecule has 0 radical (unpaired) electrons. The Labute approximate surface area is 91.3 Å². The summed E-state index contributed by atoms with van der Waals surface area (Å²) in [5.41, 5.74) is -0.110. The van der Waals surface area contributed by atoms with E-state index in [0.717, 1.165) is 25.9 Å². The molecule has 1 saturated heterocycles. The van der Waals surface area contributed by atoms with E-state index in [2.05, 4.69) is 12.2 Å². The number of nitrogens with one attached hydrogen (secondary N) is 1. The molecule has 1 aliphatic heterocycles. The van der Waals surface area contributed by atoms with Gasteiger partial charge in [0.25, 0.3) is 0 Å². The van der Waals surface area contributed by atoms with E-state index in [-0.39, 0.29) is 17.6 Å². The van der Waals surface area contributed by atoms with Gasteiger partial charge in [-0.3, -0.25) is 4.79 Å². The molecule has 15 heavy (non-hydrogen) atoms. The summed E-state index contributed by atoms with van der Waals surface area (Å²) in [6.45, 7) is 5.58. The van der Waals surface area contributed by atoms with Crippen molar-refractivity contribution in [2.75, 3.05) is 20.3 Å². The van der Waals surface area contributed by atoms with Gasteiger partial charge < -0.3 is 14.8 Å². The smallest absolute Gasteiger partial charge is 0.322 e. The first kappa shape index (κ1) is 12.5. The maximum absolute atomic E-state index is 11.3. The molecule has 0 spiro atoms. The standard InChI is InChI=1S/C11H21NO3/c1-4-9(10(13)14-3)12-8-11(2)6-5-7-15-11/h9,12H,4-8H2,1-3H3/t9-,11+/m0/s1. The van der Waals surface area contributed by atoms with Crippen molar-refractivity contribution in [2.45, 2.75) is 44.8 Å². The van der Waals surface area contributed by atoms with Gasteiger partial charge in [0.2, 0.25) is 0 Å². The van der Waals surface area contributed by atoms with Crippen molar-refractivity contribution >= 4 is 5.97 Å². The summed E-state index contributed by atoms with van der Waals surface area (Å²) in [4.78, 5) is 11.3. The molecular formula is C11H21NO3. The normalized spacial score (nSPS) is 27.7. The van der Waals surface area contributed by atoms with Crippen molar-refractivity contribution in [3.05, 3.63) is 0 Å². The van der Waals surface area contributed by atoms with Gasteiger partial charge in [0, 0.05) is 13.2 Å². The molecule has 0 aliphatic carbocycles. The molecule has 1 heterocycles. The van der Waals surface area contributed by atoms with Crippen LogP contribution in [0.5, 0.6) is 0 Å². The highest BCUT2D eigenvalue weighted by Gasteiger charge is 2.31. The second-order valence-electron chi connectivity index (χ2n) is 4.27. The number of hydrogen-bond acceptors (Lipinski definition) is 4. The van der Waals surface area contributed by atoms with Gasteiger partial charge in [0.15, 0.2) is 0 Å². The quantitative estimate of drug-likeness (QED) is 0.698. The van der Waals surface area contributed by atoms with Crippen LogP contribution in [0.3, 0.4) is 0 Å². The van der Waals surface area contributed by atoms with Crippen molar-refractivity contribution in [2.24, 2.45) is 0 Å². The van der Waals surface area contributed by atoms with Gasteiger partial charge in [0.05, 0.1) is 12.7 Å². The molecule has 88 valence electrons. The monoisotopic (exact) mass is 215 g/mol. The molecule has 1 rings (SSSR count). The zero-order chi connectivity index (χ0) is 11.3. The molecule has 0 amide bonds. The van der Waals surface area contributed by atoms with Crippen LogP contribution in [0, 0.1) is 0 Å². The molecule has 0 aromatic carbocycles. The van der Waals surface area contributed by atoms with E-state index in [1.165, 1.54) is 7.11 Å². The van der Waals surface area contributed by atoms with Crippen molar-refractivity contribution in [1.82, 2.24) is 5.32 Å². The van der Waals surface area contributed by atoms with Gasteiger partial charge in [0.1, 0.15) is 6.04 Å². The first-order valence-corrected chi connectivity index (χ1v) is 5.56. The van der Waals surface area contributed by atoms with Crippen molar-refractivity contribution in [1.29, 1.82) is 0 Å². The van der Waals surface area contributed by atoms with Gasteiger partial charge in [-0.2, -0.15) is 0 Å². The molecule has 1 aliphatic rings. The lowest BCUT2D eigenvalue weighted by Crippen LogP contribution is -2.45. The summed E-state index contributed by atoms with van der Waals surface area (Å²) in [6, 6.07) is -0.212. The minimum absolute atomic E-state index is 0.110. The van der Waals surface area contributed by atoms with Crippen LogP contribution in [0.1, 0.15) is 33.1 Å². The largest absolute Gasteiger partial charge is 0.468 e. The zero-order valence-electron chi connectivity index (χ0n) is 9.84. The van der Waals surface area contributed by atoms with Crippen molar-refractivity contribution < 1.29 is 14.3 Å². The second kappa shape index (κ2) is 5.47. The summed E-state index contributed by atoms with van der Waals surface area (Å²) in [6.07, 6.45) is 2.90. The Morgan fingerprint density at radius 3 is 2.87 bits per heavy atom. The molecule has 0 saturated carbocycles. The maximum atomic E-state index is 11.3. The van der Waals surface area contributed by atoms with Crippen LogP contribution in [0.2, 0.25) is 0 Å². The first-order valence-electron chi connectivity index (χ1n) is 5.56. The molecule has 1 fully saturated rings. The molecule has 4 nitrogen and oxygen atoms in total. The molecule has 0 bridgehead atoms. The zero-order valence-corrected chi connectivity index (χ0v) is 9.84. The van der Waals surface area contributed by atoms with Crippen LogP contribution in [0.25, 0.3) is 0 Å². The summed E-state index contributed by atoms with van der Waals surface area (Å²) >= 11 is 0. The lowest BCUT2D eigenvalue weighted by molar-refractivity contribution is -0.143. The van der Waals surface area contributed by atoms with Crippen LogP contribution >= 0.6 is 0 Å². The summed E-state index contributed by atoms with van der Waals surface area (Å²) in [7, 11) is 1.42. The topological polar surface area (TPSA) is 47.6 Å². The predicted molar refractivity (Wildman–Crippen MR) is 57.7 cm³/mol. The predicted octanol–water partition coefficient (Wildman–Crippen LogP) is 1.10. The molecule has 0 aromatic heterocycles. The van der Waals surface area contributed by atoms with Crippen LogP contribution < -0.4 is 5.32 Å². The fraction of sp³-hybridized carbons (Fsp3) is 0.909. The molecule has 1 N–H and O–H groups in total. The number of carbonyl (C=O) groups excluding carboxylic acids is 1. The highest BCUT2D eigenvalue weighted by molar-refractivity contribution is 5.75. The fourth-order valence-corrected chi connectivity index (χ4v) is 1.85. The summed E-state index contributed by atoms with van der Waals surface area (Å²) < 4.78 is 10.3. The van der Waals surface area contributed by atoms with Crippen LogP contribution in [-0.4, -0.2) is 37.9 Å². The van der Waals surface area contributed by atoms with Crippen LogP contribution in [-0.2, 0) is 14.3 Å². The third-order valence-corrected chi connectivity index (χ3v) is 2.92. The Bertz CT molecular complexity index is 212. The van der Waals surface area contributed by atoms with E-state index in [1.54, 1.807) is 0 Å². The highest BCUT2D eigenvalue weighted by atomic mass is 16.5. The number of carbonyl (C=O) groups is 1. The SMILES string of the molecule is CC[C@H](NC[C@@]1(C)CCCO1)C(=O)OC. The van der Waals surface area contributed by atoms with Gasteiger partial charge in [-0.25, -0.2) is 0 Å². The van der Waals surface area contributed by atoms with Crippen molar-refractivity contribution in [3.63, 3.8) is 0 Å². The van der Waals surface area contributed by atoms with E-state index < -0.39 is 0 Å². The van der Waals surface area contributed by atoms with Crippen LogP contribution in [0.15, 0.2) is 0 Å². The fourth-order valence-electron chi connectivity index (χ4n) is 1.85. The number of ether oxygens (including phenoxy) is 2. The molecule has 0 aromatic rings. The minimum atomic E-state index is -0.212.